The highest BCUT2D eigenvalue weighted by Gasteiger charge is 2.47. The van der Waals surface area contributed by atoms with Gasteiger partial charge in [-0.15, -0.1) is 0 Å². The van der Waals surface area contributed by atoms with Gasteiger partial charge in [-0.1, -0.05) is 0 Å². The van der Waals surface area contributed by atoms with Crippen LogP contribution in [0.4, 0.5) is 24.5 Å². The standard InChI is InChI=1S/C13H15F3N2O5S/c1-8-6-17(7-9(2)23-8)11-4-3-10(5-12(11)18(19)20)24(21,22)13(14,15)16/h3-5,8-9H,6-7H2,1-2H3/t8-,9+. The number of nitro benzene ring substituents is 1. The predicted molar refractivity (Wildman–Crippen MR) is 78.6 cm³/mol. The number of nitrogens with zero attached hydrogens (tertiary/aromatic N) is 2. The van der Waals surface area contributed by atoms with Crippen LogP contribution < -0.4 is 4.90 Å². The summed E-state index contributed by atoms with van der Waals surface area (Å²) in [7, 11) is -5.65. The van der Waals surface area contributed by atoms with E-state index in [2.05, 4.69) is 0 Å². The van der Waals surface area contributed by atoms with Crippen LogP contribution in [0.3, 0.4) is 0 Å². The van der Waals surface area contributed by atoms with E-state index in [1.807, 2.05) is 0 Å². The van der Waals surface area contributed by atoms with E-state index >= 15 is 0 Å². The molecule has 1 fully saturated rings. The van der Waals surface area contributed by atoms with Crippen LogP contribution in [-0.4, -0.2) is 44.1 Å². The molecule has 1 aromatic carbocycles. The zero-order chi connectivity index (χ0) is 18.3. The van der Waals surface area contributed by atoms with Crippen molar-refractivity contribution in [2.45, 2.75) is 36.5 Å². The van der Waals surface area contributed by atoms with Crippen molar-refractivity contribution in [3.05, 3.63) is 28.3 Å². The molecule has 0 aliphatic carbocycles. The summed E-state index contributed by atoms with van der Waals surface area (Å²) in [6.45, 7) is 4.13. The minimum Gasteiger partial charge on any atom is -0.372 e. The first-order chi connectivity index (χ1) is 10.9. The molecule has 2 atom stereocenters. The van der Waals surface area contributed by atoms with Gasteiger partial charge in [0.05, 0.1) is 22.0 Å². The lowest BCUT2D eigenvalue weighted by atomic mass is 10.2. The zero-order valence-electron chi connectivity index (χ0n) is 12.8. The Kier molecular flexibility index (Phi) is 4.77. The molecule has 1 aliphatic heterocycles. The number of sulfone groups is 1. The summed E-state index contributed by atoms with van der Waals surface area (Å²) in [5, 5.41) is 11.2. The molecule has 24 heavy (non-hydrogen) atoms. The van der Waals surface area contributed by atoms with Gasteiger partial charge in [-0.2, -0.15) is 13.2 Å². The molecule has 11 heteroatoms. The Morgan fingerprint density at radius 1 is 1.25 bits per heavy atom. The third-order valence-electron chi connectivity index (χ3n) is 3.52. The summed E-state index contributed by atoms with van der Waals surface area (Å²) < 4.78 is 66.3. The van der Waals surface area contributed by atoms with Crippen molar-refractivity contribution in [3.8, 4) is 0 Å². The normalized spacial score (nSPS) is 22.5. The average molecular weight is 368 g/mol. The van der Waals surface area contributed by atoms with Crippen LogP contribution in [0.5, 0.6) is 0 Å². The van der Waals surface area contributed by atoms with E-state index < -0.39 is 30.9 Å². The van der Waals surface area contributed by atoms with Crippen LogP contribution in [0.25, 0.3) is 0 Å². The molecule has 0 N–H and O–H groups in total. The SMILES string of the molecule is C[C@@H]1CN(c2ccc(S(=O)(=O)C(F)(F)F)cc2[N+](=O)[O-])C[C@H](C)O1. The van der Waals surface area contributed by atoms with E-state index in [4.69, 9.17) is 4.74 Å². The second-order valence-electron chi connectivity index (χ2n) is 5.52. The van der Waals surface area contributed by atoms with Crippen LogP contribution in [-0.2, 0) is 14.6 Å². The Morgan fingerprint density at radius 3 is 2.25 bits per heavy atom. The van der Waals surface area contributed by atoms with Gasteiger partial charge in [0.1, 0.15) is 5.69 Å². The summed E-state index contributed by atoms with van der Waals surface area (Å²) in [5.74, 6) is 0. The molecule has 1 aliphatic rings. The smallest absolute Gasteiger partial charge is 0.372 e. The molecule has 1 saturated heterocycles. The quantitative estimate of drug-likeness (QED) is 0.602. The topological polar surface area (TPSA) is 89.8 Å². The van der Waals surface area contributed by atoms with E-state index in [0.29, 0.717) is 19.2 Å². The zero-order valence-corrected chi connectivity index (χ0v) is 13.6. The lowest BCUT2D eigenvalue weighted by Crippen LogP contribution is -2.45. The molecule has 0 unspecified atom stereocenters. The van der Waals surface area contributed by atoms with Crippen LogP contribution >= 0.6 is 0 Å². The summed E-state index contributed by atoms with van der Waals surface area (Å²) in [6, 6.07) is 2.21. The summed E-state index contributed by atoms with van der Waals surface area (Å²) in [4.78, 5) is 10.8. The predicted octanol–water partition coefficient (Wildman–Crippen LogP) is 2.50. The molecular weight excluding hydrogens is 353 g/mol. The number of rotatable bonds is 3. The Bertz CT molecular complexity index is 740. The number of anilines is 1. The highest BCUT2D eigenvalue weighted by Crippen LogP contribution is 2.36. The van der Waals surface area contributed by atoms with Crippen molar-refractivity contribution in [2.75, 3.05) is 18.0 Å². The van der Waals surface area contributed by atoms with Crippen molar-refractivity contribution in [1.29, 1.82) is 0 Å². The minimum atomic E-state index is -5.65. The fraction of sp³-hybridized carbons (Fsp3) is 0.538. The van der Waals surface area contributed by atoms with E-state index in [9.17, 15) is 31.7 Å². The fourth-order valence-corrected chi connectivity index (χ4v) is 3.37. The number of hydrogen-bond acceptors (Lipinski definition) is 6. The van der Waals surface area contributed by atoms with Gasteiger partial charge in [0.2, 0.25) is 0 Å². The second-order valence-corrected chi connectivity index (χ2v) is 7.46. The van der Waals surface area contributed by atoms with Gasteiger partial charge in [0.15, 0.2) is 0 Å². The number of nitro groups is 1. The molecule has 0 bridgehead atoms. The van der Waals surface area contributed by atoms with Gasteiger partial charge in [0, 0.05) is 19.2 Å². The molecule has 1 heterocycles. The molecule has 1 aromatic rings. The number of benzene rings is 1. The van der Waals surface area contributed by atoms with Crippen LogP contribution in [0, 0.1) is 10.1 Å². The van der Waals surface area contributed by atoms with Crippen LogP contribution in [0.1, 0.15) is 13.8 Å². The molecule has 0 radical (unpaired) electrons. The first kappa shape index (κ1) is 18.5. The third kappa shape index (κ3) is 3.46. The second kappa shape index (κ2) is 6.20. The fourth-order valence-electron chi connectivity index (χ4n) is 2.59. The summed E-state index contributed by atoms with van der Waals surface area (Å²) >= 11 is 0. The van der Waals surface area contributed by atoms with Gasteiger partial charge in [0.25, 0.3) is 15.5 Å². The number of ether oxygens (including phenoxy) is 1. The van der Waals surface area contributed by atoms with Crippen molar-refractivity contribution in [3.63, 3.8) is 0 Å². The maximum Gasteiger partial charge on any atom is 0.501 e. The highest BCUT2D eigenvalue weighted by atomic mass is 32.2. The van der Waals surface area contributed by atoms with Crippen molar-refractivity contribution in [1.82, 2.24) is 0 Å². The van der Waals surface area contributed by atoms with Crippen LogP contribution in [0.15, 0.2) is 23.1 Å². The molecule has 2 rings (SSSR count). The van der Waals surface area contributed by atoms with E-state index in [-0.39, 0.29) is 17.9 Å². The first-order valence-corrected chi connectivity index (χ1v) is 8.42. The molecule has 0 aromatic heterocycles. The van der Waals surface area contributed by atoms with Crippen molar-refractivity contribution < 1.29 is 31.2 Å². The number of halogens is 3. The Hall–Kier alpha value is -1.88. The minimum absolute atomic E-state index is 0.0584. The summed E-state index contributed by atoms with van der Waals surface area (Å²) in [6.07, 6.45) is -0.459. The van der Waals surface area contributed by atoms with Gasteiger partial charge in [-0.3, -0.25) is 10.1 Å². The number of hydrogen-bond donors (Lipinski definition) is 0. The Balaban J connectivity index is 2.51. The lowest BCUT2D eigenvalue weighted by Gasteiger charge is -2.36. The largest absolute Gasteiger partial charge is 0.501 e. The molecule has 7 nitrogen and oxygen atoms in total. The first-order valence-electron chi connectivity index (χ1n) is 6.93. The van der Waals surface area contributed by atoms with E-state index in [1.54, 1.807) is 18.7 Å². The van der Waals surface area contributed by atoms with Gasteiger partial charge < -0.3 is 9.64 Å². The monoisotopic (exact) mass is 368 g/mol. The van der Waals surface area contributed by atoms with E-state index in [1.165, 1.54) is 0 Å². The van der Waals surface area contributed by atoms with Gasteiger partial charge >= 0.3 is 5.51 Å². The average Bonchev–Trinajstić information content (AvgIpc) is 2.44. The Morgan fingerprint density at radius 2 is 1.79 bits per heavy atom. The van der Waals surface area contributed by atoms with Crippen LogP contribution in [0.2, 0.25) is 0 Å². The molecule has 0 saturated carbocycles. The number of morpholine rings is 1. The lowest BCUT2D eigenvalue weighted by molar-refractivity contribution is -0.384. The Labute approximate surface area is 136 Å². The van der Waals surface area contributed by atoms with Crippen molar-refractivity contribution >= 4 is 21.2 Å². The van der Waals surface area contributed by atoms with Gasteiger partial charge in [-0.05, 0) is 26.0 Å². The van der Waals surface area contributed by atoms with Gasteiger partial charge in [-0.25, -0.2) is 8.42 Å². The molecule has 134 valence electrons. The summed E-state index contributed by atoms with van der Waals surface area (Å²) in [5.41, 5.74) is -6.16. The maximum absolute atomic E-state index is 12.6. The molecular formula is C13H15F3N2O5S. The highest BCUT2D eigenvalue weighted by molar-refractivity contribution is 7.92. The maximum atomic E-state index is 12.6. The molecule has 0 spiro atoms. The van der Waals surface area contributed by atoms with E-state index in [0.717, 1.165) is 12.1 Å². The number of alkyl halides is 3. The van der Waals surface area contributed by atoms with Crippen molar-refractivity contribution in [2.24, 2.45) is 0 Å². The molecule has 0 amide bonds. The third-order valence-corrected chi connectivity index (χ3v) is 5.00.